The number of likely N-dealkylation sites (tertiary alicyclic amines) is 2. The van der Waals surface area contributed by atoms with Crippen LogP contribution in [0.1, 0.15) is 40.7 Å². The maximum atomic E-state index is 13.2. The molecule has 4 rings (SSSR count). The quantitative estimate of drug-likeness (QED) is 0.896. The van der Waals surface area contributed by atoms with E-state index in [-0.39, 0.29) is 11.9 Å². The largest absolute Gasteiger partial charge is 0.383 e. The van der Waals surface area contributed by atoms with Gasteiger partial charge in [-0.3, -0.25) is 9.69 Å². The fourth-order valence-electron chi connectivity index (χ4n) is 4.58. The van der Waals surface area contributed by atoms with Gasteiger partial charge in [-0.25, -0.2) is 0 Å². The zero-order valence-corrected chi connectivity index (χ0v) is 15.9. The van der Waals surface area contributed by atoms with Crippen molar-refractivity contribution in [2.75, 3.05) is 26.2 Å². The van der Waals surface area contributed by atoms with Gasteiger partial charge >= 0.3 is 0 Å². The zero-order valence-electron chi connectivity index (χ0n) is 15.9. The molecule has 144 valence electrons. The van der Waals surface area contributed by atoms with E-state index in [1.54, 1.807) is 29.2 Å². The highest BCUT2D eigenvalue weighted by atomic mass is 16.3. The second-order valence-corrected chi connectivity index (χ2v) is 7.71. The fourth-order valence-corrected chi connectivity index (χ4v) is 4.58. The number of carbonyl (C=O) groups excluding carboxylic acids is 1. The summed E-state index contributed by atoms with van der Waals surface area (Å²) >= 11 is 0. The third-order valence-corrected chi connectivity index (χ3v) is 6.13. The lowest BCUT2D eigenvalue weighted by Crippen LogP contribution is -2.61. The topological polar surface area (TPSA) is 67.6 Å². The molecule has 5 heteroatoms. The van der Waals surface area contributed by atoms with Crippen LogP contribution in [0.3, 0.4) is 0 Å². The number of rotatable bonds is 3. The third-order valence-electron chi connectivity index (χ3n) is 6.13. The first kappa shape index (κ1) is 18.7. The standard InChI is InChI=1S/C23H25N3O2/c24-16-18-8-4-5-11-20(18)22(27)26-15-12-23(28,19-9-2-1-3-10-19)21(17-26)25-13-6-7-14-25/h1-5,8-11,21,28H,6-7,12-15,17H2/t21-,23+/m1/s1. The van der Waals surface area contributed by atoms with Crippen LogP contribution < -0.4 is 0 Å². The molecule has 28 heavy (non-hydrogen) atoms. The first-order chi connectivity index (χ1) is 13.6. The minimum atomic E-state index is -0.975. The number of hydrogen-bond acceptors (Lipinski definition) is 4. The average Bonchev–Trinajstić information content (AvgIpc) is 3.28. The van der Waals surface area contributed by atoms with Crippen molar-refractivity contribution < 1.29 is 9.90 Å². The molecule has 2 heterocycles. The van der Waals surface area contributed by atoms with Crippen molar-refractivity contribution in [3.63, 3.8) is 0 Å². The monoisotopic (exact) mass is 375 g/mol. The Bertz CT molecular complexity index is 886. The summed E-state index contributed by atoms with van der Waals surface area (Å²) in [6, 6.07) is 18.7. The number of aliphatic hydroxyl groups is 1. The average molecular weight is 375 g/mol. The lowest BCUT2D eigenvalue weighted by molar-refractivity contribution is -0.0878. The number of piperidine rings is 1. The van der Waals surface area contributed by atoms with E-state index < -0.39 is 5.60 Å². The molecule has 1 amide bonds. The number of benzene rings is 2. The number of nitrogens with zero attached hydrogens (tertiary/aromatic N) is 3. The van der Waals surface area contributed by atoms with Gasteiger partial charge in [0.25, 0.3) is 5.91 Å². The van der Waals surface area contributed by atoms with Gasteiger partial charge in [0.15, 0.2) is 0 Å². The molecule has 2 fully saturated rings. The molecule has 2 aliphatic rings. The smallest absolute Gasteiger partial charge is 0.255 e. The maximum absolute atomic E-state index is 13.2. The van der Waals surface area contributed by atoms with E-state index in [4.69, 9.17) is 0 Å². The molecule has 2 aliphatic heterocycles. The van der Waals surface area contributed by atoms with Crippen molar-refractivity contribution in [2.45, 2.75) is 30.9 Å². The Morgan fingerprint density at radius 3 is 2.43 bits per heavy atom. The number of hydrogen-bond donors (Lipinski definition) is 1. The van der Waals surface area contributed by atoms with Gasteiger partial charge in [0.2, 0.25) is 0 Å². The molecule has 0 bridgehead atoms. The summed E-state index contributed by atoms with van der Waals surface area (Å²) in [5.41, 5.74) is 0.776. The number of amides is 1. The molecule has 2 saturated heterocycles. The van der Waals surface area contributed by atoms with E-state index in [1.807, 2.05) is 30.3 Å². The zero-order chi connectivity index (χ0) is 19.6. The lowest BCUT2D eigenvalue weighted by atomic mass is 9.79. The van der Waals surface area contributed by atoms with E-state index in [0.29, 0.717) is 30.6 Å². The summed E-state index contributed by atoms with van der Waals surface area (Å²) in [5.74, 6) is -0.128. The van der Waals surface area contributed by atoms with E-state index >= 15 is 0 Å². The molecule has 0 saturated carbocycles. The van der Waals surface area contributed by atoms with Crippen LogP contribution in [0.25, 0.3) is 0 Å². The van der Waals surface area contributed by atoms with Crippen molar-refractivity contribution >= 4 is 5.91 Å². The predicted molar refractivity (Wildman–Crippen MR) is 107 cm³/mol. The highest BCUT2D eigenvalue weighted by molar-refractivity contribution is 5.96. The summed E-state index contributed by atoms with van der Waals surface area (Å²) in [5, 5.41) is 21.1. The summed E-state index contributed by atoms with van der Waals surface area (Å²) in [4.78, 5) is 17.3. The Morgan fingerprint density at radius 2 is 1.71 bits per heavy atom. The van der Waals surface area contributed by atoms with Gasteiger partial charge in [-0.2, -0.15) is 5.26 Å². The van der Waals surface area contributed by atoms with E-state index in [2.05, 4.69) is 11.0 Å². The van der Waals surface area contributed by atoms with Crippen molar-refractivity contribution in [2.24, 2.45) is 0 Å². The van der Waals surface area contributed by atoms with Gasteiger partial charge in [-0.05, 0) is 50.0 Å². The molecule has 2 aromatic carbocycles. The minimum Gasteiger partial charge on any atom is -0.383 e. The highest BCUT2D eigenvalue weighted by Gasteiger charge is 2.47. The van der Waals surface area contributed by atoms with Gasteiger partial charge in [0.1, 0.15) is 5.60 Å². The molecule has 0 aromatic heterocycles. The minimum absolute atomic E-state index is 0.128. The summed E-state index contributed by atoms with van der Waals surface area (Å²) in [6.45, 7) is 2.81. The van der Waals surface area contributed by atoms with Gasteiger partial charge in [0.05, 0.1) is 23.2 Å². The summed E-state index contributed by atoms with van der Waals surface area (Å²) in [6.07, 6.45) is 2.72. The molecule has 2 atom stereocenters. The molecule has 1 N–H and O–H groups in total. The van der Waals surface area contributed by atoms with Crippen LogP contribution in [0.4, 0.5) is 0 Å². The van der Waals surface area contributed by atoms with Crippen molar-refractivity contribution in [1.82, 2.24) is 9.80 Å². The van der Waals surface area contributed by atoms with E-state index in [1.165, 1.54) is 0 Å². The first-order valence-electron chi connectivity index (χ1n) is 9.94. The van der Waals surface area contributed by atoms with Crippen LogP contribution in [0, 0.1) is 11.3 Å². The molecule has 0 aliphatic carbocycles. The van der Waals surface area contributed by atoms with Crippen LogP contribution in [0.5, 0.6) is 0 Å². The van der Waals surface area contributed by atoms with E-state index in [0.717, 1.165) is 31.5 Å². The first-order valence-corrected chi connectivity index (χ1v) is 9.94. The summed E-state index contributed by atoms with van der Waals surface area (Å²) < 4.78 is 0. The number of carbonyl (C=O) groups is 1. The SMILES string of the molecule is N#Cc1ccccc1C(=O)N1CC[C@](O)(c2ccccc2)[C@H](N2CCCC2)C1. The third kappa shape index (κ3) is 3.30. The Labute approximate surface area is 165 Å². The molecular weight excluding hydrogens is 350 g/mol. The van der Waals surface area contributed by atoms with Crippen molar-refractivity contribution in [3.8, 4) is 6.07 Å². The van der Waals surface area contributed by atoms with Crippen molar-refractivity contribution in [1.29, 1.82) is 5.26 Å². The Balaban J connectivity index is 1.64. The predicted octanol–water partition coefficient (Wildman–Crippen LogP) is 2.76. The van der Waals surface area contributed by atoms with E-state index in [9.17, 15) is 15.2 Å². The number of nitriles is 1. The van der Waals surface area contributed by atoms with Crippen LogP contribution in [0.2, 0.25) is 0 Å². The molecular formula is C23H25N3O2. The highest BCUT2D eigenvalue weighted by Crippen LogP contribution is 2.37. The molecule has 5 nitrogen and oxygen atoms in total. The van der Waals surface area contributed by atoms with Crippen LogP contribution in [0.15, 0.2) is 54.6 Å². The second-order valence-electron chi connectivity index (χ2n) is 7.71. The van der Waals surface area contributed by atoms with Gasteiger partial charge in [-0.15, -0.1) is 0 Å². The Hall–Kier alpha value is -2.68. The van der Waals surface area contributed by atoms with Crippen LogP contribution >= 0.6 is 0 Å². The van der Waals surface area contributed by atoms with Gasteiger partial charge < -0.3 is 10.0 Å². The Kier molecular flexibility index (Phi) is 5.17. The fraction of sp³-hybridized carbons (Fsp3) is 0.391. The van der Waals surface area contributed by atoms with Gasteiger partial charge in [0, 0.05) is 13.1 Å². The van der Waals surface area contributed by atoms with Crippen LogP contribution in [-0.4, -0.2) is 53.0 Å². The van der Waals surface area contributed by atoms with Gasteiger partial charge in [-0.1, -0.05) is 42.5 Å². The lowest BCUT2D eigenvalue weighted by Gasteiger charge is -2.48. The summed E-state index contributed by atoms with van der Waals surface area (Å²) in [7, 11) is 0. The normalized spacial score (nSPS) is 25.4. The Morgan fingerprint density at radius 1 is 1.04 bits per heavy atom. The molecule has 0 radical (unpaired) electrons. The second kappa shape index (κ2) is 7.75. The van der Waals surface area contributed by atoms with Crippen LogP contribution in [-0.2, 0) is 5.60 Å². The molecule has 0 spiro atoms. The molecule has 2 aromatic rings. The maximum Gasteiger partial charge on any atom is 0.255 e. The molecule has 0 unspecified atom stereocenters. The van der Waals surface area contributed by atoms with Crippen molar-refractivity contribution in [3.05, 3.63) is 71.3 Å².